The topological polar surface area (TPSA) is 72.8 Å². The van der Waals surface area contributed by atoms with Gasteiger partial charge in [0.05, 0.1) is 25.4 Å². The Morgan fingerprint density at radius 2 is 1.62 bits per heavy atom. The zero-order valence-electron chi connectivity index (χ0n) is 22.1. The van der Waals surface area contributed by atoms with Crippen LogP contribution in [0.25, 0.3) is 0 Å². The molecule has 2 aromatic carbocycles. The molecule has 1 unspecified atom stereocenters. The van der Waals surface area contributed by atoms with Crippen LogP contribution >= 0.6 is 11.6 Å². The summed E-state index contributed by atoms with van der Waals surface area (Å²) < 4.78 is 10.6. The third-order valence-corrected chi connectivity index (χ3v) is 6.62. The third-order valence-electron chi connectivity index (χ3n) is 6.27. The molecule has 1 atom stereocenters. The number of ether oxygens (including phenoxy) is 2. The second kappa shape index (κ2) is 16.1. The molecule has 5 nitrogen and oxygen atoms in total. The minimum absolute atomic E-state index is 0.0187. The first kappa shape index (κ1) is 30.3. The number of aliphatic hydroxyl groups excluding tert-OH is 1. The zero-order chi connectivity index (χ0) is 27.2. The van der Waals surface area contributed by atoms with Crippen molar-refractivity contribution in [2.45, 2.75) is 64.7 Å². The van der Waals surface area contributed by atoms with Crippen LogP contribution in [0.15, 0.2) is 66.8 Å². The molecule has 200 valence electrons. The molecule has 0 aliphatic rings. The molecular weight excluding hydrogens is 488 g/mol. The van der Waals surface area contributed by atoms with Crippen molar-refractivity contribution < 1.29 is 24.2 Å². The normalized spacial score (nSPS) is 11.6. The van der Waals surface area contributed by atoms with Crippen LogP contribution in [0.1, 0.15) is 67.7 Å². The molecule has 0 saturated carbocycles. The number of benzene rings is 2. The van der Waals surface area contributed by atoms with Gasteiger partial charge in [-0.2, -0.15) is 0 Å². The molecule has 0 heterocycles. The number of esters is 2. The molecule has 2 aromatic rings. The fourth-order valence-electron chi connectivity index (χ4n) is 3.86. The molecule has 0 fully saturated rings. The molecule has 37 heavy (non-hydrogen) atoms. The highest BCUT2D eigenvalue weighted by Crippen LogP contribution is 2.27. The first-order chi connectivity index (χ1) is 17.7. The van der Waals surface area contributed by atoms with Crippen molar-refractivity contribution in [3.8, 4) is 0 Å². The van der Waals surface area contributed by atoms with E-state index < -0.39 is 18.5 Å². The minimum atomic E-state index is -0.662. The van der Waals surface area contributed by atoms with Crippen molar-refractivity contribution in [2.75, 3.05) is 19.8 Å². The van der Waals surface area contributed by atoms with Gasteiger partial charge in [-0.15, -0.1) is 0 Å². The van der Waals surface area contributed by atoms with Crippen LogP contribution < -0.4 is 0 Å². The van der Waals surface area contributed by atoms with Crippen molar-refractivity contribution >= 4 is 23.5 Å². The van der Waals surface area contributed by atoms with Gasteiger partial charge in [0.15, 0.2) is 0 Å². The van der Waals surface area contributed by atoms with E-state index in [0.29, 0.717) is 17.0 Å². The van der Waals surface area contributed by atoms with Crippen LogP contribution in [-0.2, 0) is 38.3 Å². The molecule has 6 heteroatoms. The van der Waals surface area contributed by atoms with E-state index in [0.717, 1.165) is 30.4 Å². The van der Waals surface area contributed by atoms with Crippen molar-refractivity contribution in [1.29, 1.82) is 0 Å². The SMILES string of the molecule is C=C(C)C(=O)OCCC(COC(=O)C(=C)CO)c1ccc(CCc2ccc(CCCCC)cc2)c(Cl)c1. The highest BCUT2D eigenvalue weighted by molar-refractivity contribution is 6.31. The molecular formula is C31H39ClO5. The van der Waals surface area contributed by atoms with E-state index >= 15 is 0 Å². The number of aliphatic hydroxyl groups is 1. The van der Waals surface area contributed by atoms with E-state index in [9.17, 15) is 9.59 Å². The van der Waals surface area contributed by atoms with E-state index in [1.54, 1.807) is 6.92 Å². The average molecular weight is 527 g/mol. The van der Waals surface area contributed by atoms with Gasteiger partial charge in [0.25, 0.3) is 0 Å². The smallest absolute Gasteiger partial charge is 0.335 e. The lowest BCUT2D eigenvalue weighted by atomic mass is 9.94. The predicted octanol–water partition coefficient (Wildman–Crippen LogP) is 6.54. The van der Waals surface area contributed by atoms with Gasteiger partial charge in [-0.25, -0.2) is 9.59 Å². The standard InChI is InChI=1S/C31H39ClO5/c1-5-6-7-8-24-9-11-25(12-10-24)13-14-26-15-16-27(19-29(26)32)28(17-18-36-30(34)22(2)3)21-37-31(35)23(4)20-33/h9-12,15-16,19,28,33H,2,4-8,13-14,17-18,20-21H2,1,3H3. The van der Waals surface area contributed by atoms with Gasteiger partial charge in [0, 0.05) is 16.5 Å². The van der Waals surface area contributed by atoms with Gasteiger partial charge in [-0.1, -0.05) is 80.9 Å². The number of aryl methyl sites for hydroxylation is 3. The monoisotopic (exact) mass is 526 g/mol. The molecule has 0 aromatic heterocycles. The number of carbonyl (C=O) groups is 2. The minimum Gasteiger partial charge on any atom is -0.462 e. The molecule has 0 radical (unpaired) electrons. The van der Waals surface area contributed by atoms with E-state index in [2.05, 4.69) is 44.3 Å². The highest BCUT2D eigenvalue weighted by atomic mass is 35.5. The summed E-state index contributed by atoms with van der Waals surface area (Å²) in [4.78, 5) is 23.8. The summed E-state index contributed by atoms with van der Waals surface area (Å²) in [5, 5.41) is 9.76. The maximum Gasteiger partial charge on any atom is 0.335 e. The number of hydrogen-bond donors (Lipinski definition) is 1. The van der Waals surface area contributed by atoms with Crippen LogP contribution in [0.4, 0.5) is 0 Å². The summed E-state index contributed by atoms with van der Waals surface area (Å²) in [5.74, 6) is -1.38. The summed E-state index contributed by atoms with van der Waals surface area (Å²) >= 11 is 6.65. The van der Waals surface area contributed by atoms with Gasteiger partial charge in [-0.3, -0.25) is 0 Å². The summed E-state index contributed by atoms with van der Waals surface area (Å²) in [6.07, 6.45) is 6.96. The fourth-order valence-corrected chi connectivity index (χ4v) is 4.14. The first-order valence-electron chi connectivity index (χ1n) is 12.9. The predicted molar refractivity (Wildman–Crippen MR) is 149 cm³/mol. The van der Waals surface area contributed by atoms with Gasteiger partial charge < -0.3 is 14.6 Å². The number of halogens is 1. The Hall–Kier alpha value is -2.89. The largest absolute Gasteiger partial charge is 0.462 e. The Morgan fingerprint density at radius 1 is 0.946 bits per heavy atom. The van der Waals surface area contributed by atoms with Crippen molar-refractivity contribution in [3.63, 3.8) is 0 Å². The van der Waals surface area contributed by atoms with Gasteiger partial charge in [0.1, 0.15) is 0 Å². The molecule has 1 N–H and O–H groups in total. The molecule has 0 aliphatic heterocycles. The summed E-state index contributed by atoms with van der Waals surface area (Å²) in [6, 6.07) is 14.7. The van der Waals surface area contributed by atoms with Crippen molar-refractivity contribution in [2.24, 2.45) is 0 Å². The van der Waals surface area contributed by atoms with Crippen LogP contribution in [0, 0.1) is 0 Å². The van der Waals surface area contributed by atoms with Gasteiger partial charge in [-0.05, 0) is 67.3 Å². The van der Waals surface area contributed by atoms with Gasteiger partial charge in [0.2, 0.25) is 0 Å². The van der Waals surface area contributed by atoms with Crippen LogP contribution in [-0.4, -0.2) is 36.9 Å². The Kier molecular flexibility index (Phi) is 13.2. The van der Waals surface area contributed by atoms with E-state index in [-0.39, 0.29) is 24.7 Å². The fraction of sp³-hybridized carbons (Fsp3) is 0.419. The van der Waals surface area contributed by atoms with Crippen LogP contribution in [0.2, 0.25) is 5.02 Å². The maximum absolute atomic E-state index is 12.0. The molecule has 0 saturated heterocycles. The number of rotatable bonds is 16. The third kappa shape index (κ3) is 10.6. The number of carbonyl (C=O) groups excluding carboxylic acids is 2. The highest BCUT2D eigenvalue weighted by Gasteiger charge is 2.18. The van der Waals surface area contributed by atoms with E-state index in [1.807, 2.05) is 18.2 Å². The first-order valence-corrected chi connectivity index (χ1v) is 13.3. The van der Waals surface area contributed by atoms with Gasteiger partial charge >= 0.3 is 11.9 Å². The average Bonchev–Trinajstić information content (AvgIpc) is 2.89. The lowest BCUT2D eigenvalue weighted by Gasteiger charge is -2.19. The quantitative estimate of drug-likeness (QED) is 0.153. The molecule has 0 spiro atoms. The number of hydrogen-bond acceptors (Lipinski definition) is 5. The maximum atomic E-state index is 12.0. The van der Waals surface area contributed by atoms with E-state index in [1.165, 1.54) is 30.4 Å². The lowest BCUT2D eigenvalue weighted by molar-refractivity contribution is -0.142. The molecule has 0 aliphatic carbocycles. The molecule has 0 amide bonds. The lowest BCUT2D eigenvalue weighted by Crippen LogP contribution is -2.18. The Bertz CT molecular complexity index is 1060. The van der Waals surface area contributed by atoms with Crippen molar-refractivity contribution in [3.05, 3.63) is 94.0 Å². The summed E-state index contributed by atoms with van der Waals surface area (Å²) in [5.41, 5.74) is 4.86. The molecule has 0 bridgehead atoms. The van der Waals surface area contributed by atoms with Crippen LogP contribution in [0.5, 0.6) is 0 Å². The second-order valence-electron chi connectivity index (χ2n) is 9.39. The Balaban J connectivity index is 2.03. The Labute approximate surface area is 226 Å². The summed E-state index contributed by atoms with van der Waals surface area (Å²) in [7, 11) is 0. The van der Waals surface area contributed by atoms with Crippen LogP contribution in [0.3, 0.4) is 0 Å². The van der Waals surface area contributed by atoms with Crippen molar-refractivity contribution in [1.82, 2.24) is 0 Å². The zero-order valence-corrected chi connectivity index (χ0v) is 22.8. The number of unbranched alkanes of at least 4 members (excludes halogenated alkanes) is 2. The summed E-state index contributed by atoms with van der Waals surface area (Å²) in [6.45, 7) is 10.6. The Morgan fingerprint density at radius 3 is 2.22 bits per heavy atom. The second-order valence-corrected chi connectivity index (χ2v) is 9.79. The van der Waals surface area contributed by atoms with E-state index in [4.69, 9.17) is 26.2 Å². The molecule has 2 rings (SSSR count).